The van der Waals surface area contributed by atoms with Crippen LogP contribution in [-0.2, 0) is 0 Å². The van der Waals surface area contributed by atoms with Gasteiger partial charge in [-0.05, 0) is 43.3 Å². The van der Waals surface area contributed by atoms with Crippen LogP contribution in [0.5, 0.6) is 0 Å². The van der Waals surface area contributed by atoms with Crippen molar-refractivity contribution >= 4 is 16.9 Å². The molecule has 0 fully saturated rings. The number of aromatic nitrogens is 2. The van der Waals surface area contributed by atoms with Crippen molar-refractivity contribution in [3.05, 3.63) is 94.4 Å². The van der Waals surface area contributed by atoms with E-state index in [4.69, 9.17) is 4.42 Å². The molecule has 0 aliphatic heterocycles. The van der Waals surface area contributed by atoms with Crippen molar-refractivity contribution in [3.8, 4) is 5.69 Å². The van der Waals surface area contributed by atoms with Crippen molar-refractivity contribution in [1.29, 1.82) is 0 Å². The summed E-state index contributed by atoms with van der Waals surface area (Å²) in [4.78, 5) is 26.7. The number of hydrogen-bond acceptors (Lipinski definition) is 4. The summed E-state index contributed by atoms with van der Waals surface area (Å²) in [6.45, 7) is 1.82. The molecule has 4 aromatic rings. The number of halogens is 1. The van der Waals surface area contributed by atoms with E-state index in [2.05, 4.69) is 5.10 Å². The number of nitrogens with zero attached hydrogens (tertiary/aromatic N) is 3. The maximum Gasteiger partial charge on any atom is 0.278 e. The molecular formula is C22H18FN3O3. The van der Waals surface area contributed by atoms with Gasteiger partial charge < -0.3 is 9.32 Å². The molecule has 146 valence electrons. The van der Waals surface area contributed by atoms with E-state index in [9.17, 15) is 14.0 Å². The first kappa shape index (κ1) is 18.6. The second-order valence-corrected chi connectivity index (χ2v) is 6.73. The fourth-order valence-electron chi connectivity index (χ4n) is 3.04. The average molecular weight is 391 g/mol. The Morgan fingerprint density at radius 1 is 1.14 bits per heavy atom. The Morgan fingerprint density at radius 2 is 1.86 bits per heavy atom. The number of rotatable bonds is 4. The molecule has 2 heterocycles. The molecule has 2 aromatic heterocycles. The standard InChI is InChI=1S/C22H18FN3O3/c1-14(20-13-15-5-3-4-6-19(15)29-20)25(2)22(28)21-18(27)11-12-26(24-21)17-9-7-16(23)8-10-17/h3-14H,1-2H3/t14-/m1/s1. The Kier molecular flexibility index (Phi) is 4.72. The van der Waals surface area contributed by atoms with Crippen molar-refractivity contribution in [2.75, 3.05) is 7.05 Å². The third-order valence-electron chi connectivity index (χ3n) is 4.86. The summed E-state index contributed by atoms with van der Waals surface area (Å²) in [6.07, 6.45) is 1.44. The van der Waals surface area contributed by atoms with Crippen LogP contribution in [-0.4, -0.2) is 27.6 Å². The Balaban J connectivity index is 1.65. The molecule has 0 radical (unpaired) electrons. The van der Waals surface area contributed by atoms with Crippen molar-refractivity contribution in [2.45, 2.75) is 13.0 Å². The number of fused-ring (bicyclic) bond motifs is 1. The molecule has 0 aliphatic carbocycles. The summed E-state index contributed by atoms with van der Waals surface area (Å²) in [5.41, 5.74) is 0.555. The van der Waals surface area contributed by atoms with E-state index in [1.54, 1.807) is 7.05 Å². The smallest absolute Gasteiger partial charge is 0.278 e. The number of hydrogen-bond donors (Lipinski definition) is 0. The lowest BCUT2D eigenvalue weighted by atomic mass is 10.2. The highest BCUT2D eigenvalue weighted by Gasteiger charge is 2.25. The van der Waals surface area contributed by atoms with E-state index < -0.39 is 17.4 Å². The van der Waals surface area contributed by atoms with Crippen molar-refractivity contribution in [1.82, 2.24) is 14.7 Å². The van der Waals surface area contributed by atoms with Crippen molar-refractivity contribution in [3.63, 3.8) is 0 Å². The molecule has 1 amide bonds. The predicted molar refractivity (Wildman–Crippen MR) is 107 cm³/mol. The number of carbonyl (C=O) groups is 1. The minimum Gasteiger partial charge on any atom is -0.459 e. The highest BCUT2D eigenvalue weighted by Crippen LogP contribution is 2.27. The molecule has 0 bridgehead atoms. The minimum atomic E-state index is -0.528. The van der Waals surface area contributed by atoms with Crippen LogP contribution in [0.4, 0.5) is 4.39 Å². The Bertz CT molecular complexity index is 1210. The van der Waals surface area contributed by atoms with Crippen LogP contribution >= 0.6 is 0 Å². The topological polar surface area (TPSA) is 68.3 Å². The lowest BCUT2D eigenvalue weighted by Crippen LogP contribution is -2.34. The second kappa shape index (κ2) is 7.35. The van der Waals surface area contributed by atoms with Gasteiger partial charge in [-0.2, -0.15) is 5.10 Å². The van der Waals surface area contributed by atoms with Gasteiger partial charge in [0.1, 0.15) is 17.2 Å². The van der Waals surface area contributed by atoms with Gasteiger partial charge in [0.15, 0.2) is 5.69 Å². The molecule has 7 heteroatoms. The molecule has 29 heavy (non-hydrogen) atoms. The third-order valence-corrected chi connectivity index (χ3v) is 4.86. The van der Waals surface area contributed by atoms with Crippen molar-refractivity contribution in [2.24, 2.45) is 0 Å². The van der Waals surface area contributed by atoms with Crippen molar-refractivity contribution < 1.29 is 13.6 Å². The zero-order valence-corrected chi connectivity index (χ0v) is 15.9. The van der Waals surface area contributed by atoms with Gasteiger partial charge >= 0.3 is 0 Å². The Morgan fingerprint density at radius 3 is 2.59 bits per heavy atom. The average Bonchev–Trinajstić information content (AvgIpc) is 3.17. The summed E-state index contributed by atoms with van der Waals surface area (Å²) < 4.78 is 20.4. The molecule has 4 rings (SSSR count). The lowest BCUT2D eigenvalue weighted by molar-refractivity contribution is 0.0718. The zero-order chi connectivity index (χ0) is 20.5. The first-order valence-electron chi connectivity index (χ1n) is 9.05. The van der Waals surface area contributed by atoms with Gasteiger partial charge in [0.05, 0.1) is 11.7 Å². The summed E-state index contributed by atoms with van der Waals surface area (Å²) in [7, 11) is 1.59. The maximum absolute atomic E-state index is 13.2. The van der Waals surface area contributed by atoms with Gasteiger partial charge in [-0.3, -0.25) is 9.59 Å². The van der Waals surface area contributed by atoms with Crippen LogP contribution in [0.15, 0.2) is 76.1 Å². The van der Waals surface area contributed by atoms with Gasteiger partial charge in [-0.1, -0.05) is 18.2 Å². The van der Waals surface area contributed by atoms with Gasteiger partial charge in [0.25, 0.3) is 5.91 Å². The van der Waals surface area contributed by atoms with Gasteiger partial charge in [0.2, 0.25) is 5.43 Å². The Hall–Kier alpha value is -3.74. The molecular weight excluding hydrogens is 373 g/mol. The molecule has 0 aliphatic rings. The second-order valence-electron chi connectivity index (χ2n) is 6.73. The zero-order valence-electron chi connectivity index (χ0n) is 15.9. The first-order chi connectivity index (χ1) is 13.9. The highest BCUT2D eigenvalue weighted by atomic mass is 19.1. The molecule has 0 unspecified atom stereocenters. The van der Waals surface area contributed by atoms with Gasteiger partial charge in [-0.25, -0.2) is 9.07 Å². The highest BCUT2D eigenvalue weighted by molar-refractivity contribution is 5.92. The quantitative estimate of drug-likeness (QED) is 0.528. The first-order valence-corrected chi connectivity index (χ1v) is 9.05. The minimum absolute atomic E-state index is 0.220. The fourth-order valence-corrected chi connectivity index (χ4v) is 3.04. The van der Waals surface area contributed by atoms with E-state index in [1.165, 1.54) is 46.1 Å². The van der Waals surface area contributed by atoms with Gasteiger partial charge in [0, 0.05) is 24.7 Å². The number of benzene rings is 2. The molecule has 0 saturated carbocycles. The van der Waals surface area contributed by atoms with Crippen LogP contribution < -0.4 is 5.43 Å². The summed E-state index contributed by atoms with van der Waals surface area (Å²) >= 11 is 0. The molecule has 1 atom stereocenters. The fraction of sp³-hybridized carbons (Fsp3) is 0.136. The molecule has 2 aromatic carbocycles. The number of carbonyl (C=O) groups excluding carboxylic acids is 1. The van der Waals surface area contributed by atoms with Crippen LogP contribution in [0.3, 0.4) is 0 Å². The summed E-state index contributed by atoms with van der Waals surface area (Å²) in [5, 5.41) is 5.11. The lowest BCUT2D eigenvalue weighted by Gasteiger charge is -2.22. The maximum atomic E-state index is 13.2. The van der Waals surface area contributed by atoms with Crippen LogP contribution in [0.25, 0.3) is 16.7 Å². The van der Waals surface area contributed by atoms with E-state index in [1.807, 2.05) is 37.3 Å². The van der Waals surface area contributed by atoms with Crippen LogP contribution in [0, 0.1) is 5.82 Å². The molecule has 0 saturated heterocycles. The molecule has 6 nitrogen and oxygen atoms in total. The largest absolute Gasteiger partial charge is 0.459 e. The van der Waals surface area contributed by atoms with E-state index >= 15 is 0 Å². The van der Waals surface area contributed by atoms with Crippen LogP contribution in [0.2, 0.25) is 0 Å². The molecule has 0 N–H and O–H groups in total. The number of furan rings is 1. The normalized spacial score (nSPS) is 12.1. The predicted octanol–water partition coefficient (Wildman–Crippen LogP) is 3.95. The Labute approximate surface area is 165 Å². The van der Waals surface area contributed by atoms with E-state index in [0.717, 1.165) is 11.0 Å². The third kappa shape index (κ3) is 3.54. The summed E-state index contributed by atoms with van der Waals surface area (Å²) in [6, 6.07) is 15.9. The van der Waals surface area contributed by atoms with Crippen LogP contribution in [0.1, 0.15) is 29.2 Å². The van der Waals surface area contributed by atoms with Gasteiger partial charge in [-0.15, -0.1) is 0 Å². The summed E-state index contributed by atoms with van der Waals surface area (Å²) in [5.74, 6) is -0.304. The number of para-hydroxylation sites is 1. The molecule has 0 spiro atoms. The van der Waals surface area contributed by atoms with E-state index in [-0.39, 0.29) is 11.5 Å². The monoisotopic (exact) mass is 391 g/mol. The number of amides is 1. The van der Waals surface area contributed by atoms with E-state index in [0.29, 0.717) is 11.4 Å². The SMILES string of the molecule is C[C@H](c1cc2ccccc2o1)N(C)C(=O)c1nn(-c2ccc(F)cc2)ccc1=O.